The van der Waals surface area contributed by atoms with Gasteiger partial charge in [0, 0.05) is 37.6 Å². The van der Waals surface area contributed by atoms with E-state index in [4.69, 9.17) is 16.3 Å². The molecule has 0 spiro atoms. The molecule has 25 heavy (non-hydrogen) atoms. The van der Waals surface area contributed by atoms with Crippen molar-refractivity contribution in [2.75, 3.05) is 19.8 Å². The Balaban J connectivity index is 1.82. The van der Waals surface area contributed by atoms with Crippen LogP contribution in [-0.4, -0.2) is 35.6 Å². The zero-order valence-electron chi connectivity index (χ0n) is 13.9. The van der Waals surface area contributed by atoms with E-state index in [1.807, 2.05) is 6.92 Å². The van der Waals surface area contributed by atoms with Crippen LogP contribution in [0.15, 0.2) is 30.6 Å². The molecule has 1 aliphatic heterocycles. The van der Waals surface area contributed by atoms with E-state index in [1.54, 1.807) is 12.4 Å². The van der Waals surface area contributed by atoms with E-state index in [0.29, 0.717) is 25.6 Å². The van der Waals surface area contributed by atoms with Crippen molar-refractivity contribution in [1.29, 1.82) is 0 Å². The van der Waals surface area contributed by atoms with Crippen molar-refractivity contribution < 1.29 is 13.9 Å². The van der Waals surface area contributed by atoms with Gasteiger partial charge in [-0.05, 0) is 37.5 Å². The van der Waals surface area contributed by atoms with Crippen molar-refractivity contribution in [3.63, 3.8) is 0 Å². The fourth-order valence-electron chi connectivity index (χ4n) is 3.05. The molecule has 2 heterocycles. The van der Waals surface area contributed by atoms with Gasteiger partial charge in [-0.25, -0.2) is 14.4 Å². The van der Waals surface area contributed by atoms with Crippen molar-refractivity contribution in [2.45, 2.75) is 25.2 Å². The molecule has 2 aromatic rings. The predicted molar refractivity (Wildman–Crippen MR) is 92.2 cm³/mol. The molecular weight excluding hydrogens is 345 g/mol. The highest BCUT2D eigenvalue weighted by Crippen LogP contribution is 2.34. The Hall–Kier alpha value is -2.05. The van der Waals surface area contributed by atoms with Gasteiger partial charge in [-0.15, -0.1) is 0 Å². The van der Waals surface area contributed by atoms with Crippen LogP contribution in [0.5, 0.6) is 0 Å². The van der Waals surface area contributed by atoms with Crippen molar-refractivity contribution in [2.24, 2.45) is 0 Å². The number of hydrogen-bond donors (Lipinski definition) is 1. The first-order valence-electron chi connectivity index (χ1n) is 8.11. The Morgan fingerprint density at radius 3 is 2.64 bits per heavy atom. The van der Waals surface area contributed by atoms with Gasteiger partial charge < -0.3 is 10.1 Å². The molecule has 7 heteroatoms. The van der Waals surface area contributed by atoms with Crippen LogP contribution in [0.4, 0.5) is 4.39 Å². The monoisotopic (exact) mass is 363 g/mol. The number of rotatable bonds is 4. The summed E-state index contributed by atoms with van der Waals surface area (Å²) in [6.45, 7) is 3.34. The molecule has 0 bridgehead atoms. The minimum absolute atomic E-state index is 0.0946. The van der Waals surface area contributed by atoms with Crippen LogP contribution in [0.3, 0.4) is 0 Å². The Morgan fingerprint density at radius 2 is 2.00 bits per heavy atom. The number of nitrogens with zero attached hydrogens (tertiary/aromatic N) is 2. The second-order valence-electron chi connectivity index (χ2n) is 6.19. The molecule has 0 unspecified atom stereocenters. The molecule has 1 N–H and O–H groups in total. The van der Waals surface area contributed by atoms with Crippen molar-refractivity contribution in [1.82, 2.24) is 15.3 Å². The number of aryl methyl sites for hydroxylation is 1. The number of benzene rings is 1. The lowest BCUT2D eigenvalue weighted by Gasteiger charge is -2.37. The number of amides is 1. The molecule has 1 aromatic heterocycles. The van der Waals surface area contributed by atoms with E-state index in [2.05, 4.69) is 15.3 Å². The normalized spacial score (nSPS) is 16.4. The van der Waals surface area contributed by atoms with Crippen LogP contribution in [-0.2, 0) is 10.2 Å². The molecule has 3 rings (SSSR count). The van der Waals surface area contributed by atoms with Crippen LogP contribution in [0.1, 0.15) is 34.6 Å². The number of carbonyl (C=O) groups excluding carboxylic acids is 1. The van der Waals surface area contributed by atoms with Crippen LogP contribution in [0.25, 0.3) is 0 Å². The average molecular weight is 364 g/mol. The molecule has 1 fully saturated rings. The number of nitrogens with one attached hydrogen (secondary N) is 1. The Kier molecular flexibility index (Phi) is 5.30. The maximum atomic E-state index is 13.9. The van der Waals surface area contributed by atoms with Crippen LogP contribution < -0.4 is 5.32 Å². The van der Waals surface area contributed by atoms with E-state index in [0.717, 1.165) is 18.4 Å². The molecule has 0 atom stereocenters. The lowest BCUT2D eigenvalue weighted by molar-refractivity contribution is 0.0484. The first kappa shape index (κ1) is 17.8. The summed E-state index contributed by atoms with van der Waals surface area (Å²) < 4.78 is 19.4. The molecule has 1 amide bonds. The van der Waals surface area contributed by atoms with Crippen molar-refractivity contribution in [3.05, 3.63) is 58.4 Å². The molecule has 0 radical (unpaired) electrons. The highest BCUT2D eigenvalue weighted by molar-refractivity contribution is 6.33. The highest BCUT2D eigenvalue weighted by atomic mass is 35.5. The smallest absolute Gasteiger partial charge is 0.255 e. The fourth-order valence-corrected chi connectivity index (χ4v) is 3.30. The summed E-state index contributed by atoms with van der Waals surface area (Å²) in [5.41, 5.74) is 0.479. The van der Waals surface area contributed by atoms with Gasteiger partial charge in [0.1, 0.15) is 11.6 Å². The van der Waals surface area contributed by atoms with Gasteiger partial charge in [0.05, 0.1) is 10.6 Å². The standard InChI is InChI=1S/C18H19ClFN3O2/c1-12-21-9-13(10-22-12)18(5-7-25-8-6-18)11-23-17(24)16-14(19)3-2-4-15(16)20/h2-4,9-10H,5-8,11H2,1H3,(H,23,24). The van der Waals surface area contributed by atoms with E-state index in [1.165, 1.54) is 18.2 Å². The molecule has 132 valence electrons. The Labute approximate surface area is 150 Å². The zero-order chi connectivity index (χ0) is 17.9. The lowest BCUT2D eigenvalue weighted by atomic mass is 9.75. The summed E-state index contributed by atoms with van der Waals surface area (Å²) in [5, 5.41) is 2.92. The molecular formula is C18H19ClFN3O2. The number of hydrogen-bond acceptors (Lipinski definition) is 4. The van der Waals surface area contributed by atoms with Gasteiger partial charge in [-0.3, -0.25) is 4.79 Å². The fraction of sp³-hybridized carbons (Fsp3) is 0.389. The number of halogens is 2. The summed E-state index contributed by atoms with van der Waals surface area (Å²) >= 11 is 5.97. The minimum atomic E-state index is -0.635. The van der Waals surface area contributed by atoms with E-state index < -0.39 is 11.7 Å². The third kappa shape index (κ3) is 3.80. The SMILES string of the molecule is Cc1ncc(C2(CNC(=O)c3c(F)cccc3Cl)CCOCC2)cn1. The van der Waals surface area contributed by atoms with Gasteiger partial charge in [0.15, 0.2) is 0 Å². The highest BCUT2D eigenvalue weighted by Gasteiger charge is 2.36. The van der Waals surface area contributed by atoms with Crippen molar-refractivity contribution in [3.8, 4) is 0 Å². The maximum absolute atomic E-state index is 13.9. The van der Waals surface area contributed by atoms with Gasteiger partial charge in [-0.1, -0.05) is 17.7 Å². The maximum Gasteiger partial charge on any atom is 0.255 e. The topological polar surface area (TPSA) is 64.1 Å². The van der Waals surface area contributed by atoms with E-state index in [9.17, 15) is 9.18 Å². The second kappa shape index (κ2) is 7.45. The molecule has 1 saturated heterocycles. The van der Waals surface area contributed by atoms with Crippen molar-refractivity contribution >= 4 is 17.5 Å². The summed E-state index contributed by atoms with van der Waals surface area (Å²) in [7, 11) is 0. The molecule has 1 aromatic carbocycles. The largest absolute Gasteiger partial charge is 0.381 e. The first-order chi connectivity index (χ1) is 12.0. The summed E-state index contributed by atoms with van der Waals surface area (Å²) in [6.07, 6.45) is 5.03. The van der Waals surface area contributed by atoms with Gasteiger partial charge in [-0.2, -0.15) is 0 Å². The van der Waals surface area contributed by atoms with Gasteiger partial charge in [0.2, 0.25) is 0 Å². The van der Waals surface area contributed by atoms with Gasteiger partial charge in [0.25, 0.3) is 5.91 Å². The third-order valence-corrected chi connectivity index (χ3v) is 4.94. The zero-order valence-corrected chi connectivity index (χ0v) is 14.6. The quantitative estimate of drug-likeness (QED) is 0.906. The average Bonchev–Trinajstić information content (AvgIpc) is 2.61. The molecule has 5 nitrogen and oxygen atoms in total. The van der Waals surface area contributed by atoms with E-state index in [-0.39, 0.29) is 16.0 Å². The first-order valence-corrected chi connectivity index (χ1v) is 8.49. The lowest BCUT2D eigenvalue weighted by Crippen LogP contribution is -2.45. The Bertz CT molecular complexity index is 741. The molecule has 1 aliphatic rings. The third-order valence-electron chi connectivity index (χ3n) is 4.62. The number of carbonyl (C=O) groups is 1. The van der Waals surface area contributed by atoms with Crippen LogP contribution >= 0.6 is 11.6 Å². The molecule has 0 aliphatic carbocycles. The summed E-state index contributed by atoms with van der Waals surface area (Å²) in [5.74, 6) is -0.472. The Morgan fingerprint density at radius 1 is 1.32 bits per heavy atom. The number of ether oxygens (including phenoxy) is 1. The minimum Gasteiger partial charge on any atom is -0.381 e. The summed E-state index contributed by atoms with van der Waals surface area (Å²) in [4.78, 5) is 21.0. The van der Waals surface area contributed by atoms with Crippen LogP contribution in [0, 0.1) is 12.7 Å². The van der Waals surface area contributed by atoms with Crippen LogP contribution in [0.2, 0.25) is 5.02 Å². The van der Waals surface area contributed by atoms with E-state index >= 15 is 0 Å². The van der Waals surface area contributed by atoms with Gasteiger partial charge >= 0.3 is 0 Å². The number of aromatic nitrogens is 2. The predicted octanol–water partition coefficient (Wildman–Crippen LogP) is 3.06. The second-order valence-corrected chi connectivity index (χ2v) is 6.60. The molecule has 0 saturated carbocycles. The summed E-state index contributed by atoms with van der Waals surface area (Å²) in [6, 6.07) is 4.19.